The van der Waals surface area contributed by atoms with Gasteiger partial charge in [-0.05, 0) is 31.1 Å². The molecule has 1 aromatic rings. The third-order valence-electron chi connectivity index (χ3n) is 4.52. The van der Waals surface area contributed by atoms with Crippen LogP contribution in [0.25, 0.3) is 0 Å². The molecule has 0 aliphatic carbocycles. The monoisotopic (exact) mass is 391 g/mol. The maximum atomic E-state index is 12.5. The van der Waals surface area contributed by atoms with Crippen molar-refractivity contribution in [1.29, 1.82) is 0 Å². The van der Waals surface area contributed by atoms with Crippen molar-refractivity contribution >= 4 is 39.3 Å². The number of halogens is 1. The molecular weight excluding hydrogens is 374 g/mol. The minimum atomic E-state index is -0.173. The van der Waals surface area contributed by atoms with Crippen molar-refractivity contribution in [3.63, 3.8) is 0 Å². The Hall–Kier alpha value is -2.15. The predicted molar refractivity (Wildman–Crippen MR) is 93.4 cm³/mol. The molecule has 1 aromatic carbocycles. The van der Waals surface area contributed by atoms with E-state index in [1.807, 2.05) is 6.07 Å². The van der Waals surface area contributed by atoms with Crippen molar-refractivity contribution in [3.05, 3.63) is 40.4 Å². The van der Waals surface area contributed by atoms with Crippen LogP contribution < -0.4 is 10.6 Å². The van der Waals surface area contributed by atoms with Crippen molar-refractivity contribution in [2.45, 2.75) is 19.4 Å². The number of likely N-dealkylation sites (tertiary alicyclic amines) is 1. The maximum Gasteiger partial charge on any atom is 0.254 e. The van der Waals surface area contributed by atoms with Crippen LogP contribution in [0.5, 0.6) is 0 Å². The van der Waals surface area contributed by atoms with E-state index in [0.29, 0.717) is 43.7 Å². The lowest BCUT2D eigenvalue weighted by Gasteiger charge is -2.30. The second kappa shape index (κ2) is 6.76. The molecule has 0 unspecified atom stereocenters. The molecule has 0 bridgehead atoms. The molecule has 1 saturated heterocycles. The third-order valence-corrected chi connectivity index (χ3v) is 5.26. The fourth-order valence-corrected chi connectivity index (χ4v) is 3.61. The molecule has 24 heavy (non-hydrogen) atoms. The SMILES string of the molecule is C=CC(=O)N1CCC(C(=O)Nc2ccc(Br)c3c2C(=O)NC3)CC1. The zero-order chi connectivity index (χ0) is 17.3. The molecule has 0 atom stereocenters. The van der Waals surface area contributed by atoms with Gasteiger partial charge in [-0.2, -0.15) is 0 Å². The van der Waals surface area contributed by atoms with Gasteiger partial charge in [0.2, 0.25) is 11.8 Å². The first-order valence-corrected chi connectivity index (χ1v) is 8.62. The number of hydrogen-bond acceptors (Lipinski definition) is 3. The molecular formula is C17H18BrN3O3. The lowest BCUT2D eigenvalue weighted by atomic mass is 9.95. The van der Waals surface area contributed by atoms with E-state index in [-0.39, 0.29) is 23.6 Å². The summed E-state index contributed by atoms with van der Waals surface area (Å²) < 4.78 is 0.852. The first kappa shape index (κ1) is 16.7. The highest BCUT2D eigenvalue weighted by Crippen LogP contribution is 2.31. The Bertz CT molecular complexity index is 724. The first-order valence-electron chi connectivity index (χ1n) is 7.83. The van der Waals surface area contributed by atoms with Gasteiger partial charge in [0.25, 0.3) is 5.91 Å². The largest absolute Gasteiger partial charge is 0.348 e. The Kier molecular flexibility index (Phi) is 4.71. The van der Waals surface area contributed by atoms with Crippen molar-refractivity contribution in [2.75, 3.05) is 18.4 Å². The number of piperidine rings is 1. The molecule has 0 radical (unpaired) electrons. The number of benzene rings is 1. The summed E-state index contributed by atoms with van der Waals surface area (Å²) in [6.45, 7) is 5.03. The first-order chi connectivity index (χ1) is 11.5. The van der Waals surface area contributed by atoms with Crippen LogP contribution in [0.4, 0.5) is 5.69 Å². The van der Waals surface area contributed by atoms with Gasteiger partial charge in [0, 0.05) is 35.6 Å². The van der Waals surface area contributed by atoms with Crippen LogP contribution in [0.15, 0.2) is 29.3 Å². The second-order valence-electron chi connectivity index (χ2n) is 5.92. The molecule has 2 aliphatic heterocycles. The Morgan fingerprint density at radius 1 is 1.33 bits per heavy atom. The molecule has 3 amide bonds. The highest BCUT2D eigenvalue weighted by Gasteiger charge is 2.29. The van der Waals surface area contributed by atoms with Crippen molar-refractivity contribution in [1.82, 2.24) is 10.2 Å². The Morgan fingerprint density at radius 2 is 2.04 bits per heavy atom. The molecule has 7 heteroatoms. The summed E-state index contributed by atoms with van der Waals surface area (Å²) in [5, 5.41) is 5.65. The summed E-state index contributed by atoms with van der Waals surface area (Å²) >= 11 is 3.43. The van der Waals surface area contributed by atoms with Crippen molar-refractivity contribution in [2.24, 2.45) is 5.92 Å². The minimum absolute atomic E-state index is 0.101. The van der Waals surface area contributed by atoms with Gasteiger partial charge >= 0.3 is 0 Å². The van der Waals surface area contributed by atoms with Gasteiger partial charge < -0.3 is 15.5 Å². The summed E-state index contributed by atoms with van der Waals surface area (Å²) in [4.78, 5) is 37.8. The molecule has 6 nitrogen and oxygen atoms in total. The number of hydrogen-bond donors (Lipinski definition) is 2. The quantitative estimate of drug-likeness (QED) is 0.773. The molecule has 0 saturated carbocycles. The van der Waals surface area contributed by atoms with Gasteiger partial charge in [0.15, 0.2) is 0 Å². The molecule has 2 N–H and O–H groups in total. The number of amides is 3. The number of nitrogens with one attached hydrogen (secondary N) is 2. The molecule has 126 valence electrons. The Labute approximate surface area is 148 Å². The summed E-state index contributed by atoms with van der Waals surface area (Å²) in [6, 6.07) is 3.57. The second-order valence-corrected chi connectivity index (χ2v) is 6.78. The molecule has 3 rings (SSSR count). The standard InChI is InChI=1S/C17H18BrN3O3/c1-2-14(22)21-7-5-10(6-8-21)16(23)20-13-4-3-12(18)11-9-19-17(24)15(11)13/h2-4,10H,1,5-9H2,(H,19,24)(H,20,23). The van der Waals surface area contributed by atoms with Gasteiger partial charge in [-0.15, -0.1) is 0 Å². The number of nitrogens with zero attached hydrogens (tertiary/aromatic N) is 1. The topological polar surface area (TPSA) is 78.5 Å². The van der Waals surface area contributed by atoms with Crippen LogP contribution in [0.3, 0.4) is 0 Å². The normalized spacial score (nSPS) is 17.2. The van der Waals surface area contributed by atoms with E-state index in [1.54, 1.807) is 11.0 Å². The summed E-state index contributed by atoms with van der Waals surface area (Å²) in [5.41, 5.74) is 1.93. The lowest BCUT2D eigenvalue weighted by Crippen LogP contribution is -2.40. The van der Waals surface area contributed by atoms with Crippen LogP contribution >= 0.6 is 15.9 Å². The van der Waals surface area contributed by atoms with Crippen LogP contribution in [0.2, 0.25) is 0 Å². The predicted octanol–water partition coefficient (Wildman–Crippen LogP) is 2.06. The average Bonchev–Trinajstić information content (AvgIpc) is 3.00. The fourth-order valence-electron chi connectivity index (χ4n) is 3.14. The van der Waals surface area contributed by atoms with Gasteiger partial charge in [-0.1, -0.05) is 22.5 Å². The third kappa shape index (κ3) is 3.08. The summed E-state index contributed by atoms with van der Waals surface area (Å²) in [5.74, 6) is -0.545. The van der Waals surface area contributed by atoms with E-state index in [9.17, 15) is 14.4 Å². The van der Waals surface area contributed by atoms with E-state index >= 15 is 0 Å². The molecule has 0 aromatic heterocycles. The molecule has 0 spiro atoms. The van der Waals surface area contributed by atoms with Crippen molar-refractivity contribution < 1.29 is 14.4 Å². The summed E-state index contributed by atoms with van der Waals surface area (Å²) in [7, 11) is 0. The lowest BCUT2D eigenvalue weighted by molar-refractivity contribution is -0.130. The highest BCUT2D eigenvalue weighted by molar-refractivity contribution is 9.10. The van der Waals surface area contributed by atoms with Crippen LogP contribution in [0.1, 0.15) is 28.8 Å². The zero-order valence-corrected chi connectivity index (χ0v) is 14.7. The Morgan fingerprint density at radius 3 is 2.71 bits per heavy atom. The van der Waals surface area contributed by atoms with Crippen LogP contribution in [-0.4, -0.2) is 35.7 Å². The van der Waals surface area contributed by atoms with E-state index in [4.69, 9.17) is 0 Å². The number of anilines is 1. The smallest absolute Gasteiger partial charge is 0.254 e. The molecule has 2 aliphatic rings. The van der Waals surface area contributed by atoms with Gasteiger partial charge in [0.05, 0.1) is 11.3 Å². The maximum absolute atomic E-state index is 12.5. The number of rotatable bonds is 3. The van der Waals surface area contributed by atoms with Gasteiger partial charge in [-0.3, -0.25) is 14.4 Å². The minimum Gasteiger partial charge on any atom is -0.348 e. The van der Waals surface area contributed by atoms with Crippen molar-refractivity contribution in [3.8, 4) is 0 Å². The highest BCUT2D eigenvalue weighted by atomic mass is 79.9. The number of fused-ring (bicyclic) bond motifs is 1. The van der Waals surface area contributed by atoms with E-state index in [1.165, 1.54) is 6.08 Å². The average molecular weight is 392 g/mol. The van der Waals surface area contributed by atoms with E-state index < -0.39 is 0 Å². The number of carbonyl (C=O) groups excluding carboxylic acids is 3. The Balaban J connectivity index is 1.69. The van der Waals surface area contributed by atoms with Gasteiger partial charge in [0.1, 0.15) is 0 Å². The summed E-state index contributed by atoms with van der Waals surface area (Å²) in [6.07, 6.45) is 2.51. The zero-order valence-electron chi connectivity index (χ0n) is 13.1. The van der Waals surface area contributed by atoms with E-state index in [0.717, 1.165) is 10.0 Å². The van der Waals surface area contributed by atoms with Crippen LogP contribution in [-0.2, 0) is 16.1 Å². The number of carbonyl (C=O) groups is 3. The van der Waals surface area contributed by atoms with Crippen LogP contribution in [0, 0.1) is 5.92 Å². The molecule has 2 heterocycles. The van der Waals surface area contributed by atoms with E-state index in [2.05, 4.69) is 33.1 Å². The van der Waals surface area contributed by atoms with Gasteiger partial charge in [-0.25, -0.2) is 0 Å². The fraction of sp³-hybridized carbons (Fsp3) is 0.353. The molecule has 1 fully saturated rings.